The average Bonchev–Trinajstić information content (AvgIpc) is 3.23. The Labute approximate surface area is 121 Å². The molecule has 1 aromatic rings. The lowest BCUT2D eigenvalue weighted by Gasteiger charge is -2.40. The third kappa shape index (κ3) is 2.50. The Balaban J connectivity index is 1.83. The first kappa shape index (κ1) is 14.0. The number of nitrogens with zero attached hydrogens (tertiary/aromatic N) is 1. The molecule has 1 atom stereocenters. The molecule has 4 nitrogen and oxygen atoms in total. The molecule has 2 amide bonds. The third-order valence-electron chi connectivity index (χ3n) is 4.24. The summed E-state index contributed by atoms with van der Waals surface area (Å²) >= 11 is 0. The maximum absolute atomic E-state index is 13.7. The number of amides is 2. The van der Waals surface area contributed by atoms with Crippen molar-refractivity contribution in [2.45, 2.75) is 31.8 Å². The van der Waals surface area contributed by atoms with Gasteiger partial charge in [0.2, 0.25) is 11.8 Å². The van der Waals surface area contributed by atoms with Gasteiger partial charge < -0.3 is 10.2 Å². The molecule has 0 spiro atoms. The molecule has 1 saturated heterocycles. The molecule has 2 fully saturated rings. The molecule has 1 unspecified atom stereocenters. The molecule has 1 aliphatic heterocycles. The van der Waals surface area contributed by atoms with Crippen LogP contribution in [-0.2, 0) is 16.1 Å². The Bertz CT molecular complexity index is 616. The summed E-state index contributed by atoms with van der Waals surface area (Å²) < 4.78 is 26.6. The molecule has 0 aromatic heterocycles. The normalized spacial score (nSPS) is 26.0. The molecule has 1 N–H and O–H groups in total. The summed E-state index contributed by atoms with van der Waals surface area (Å²) in [5.41, 5.74) is -0.691. The number of carbonyl (C=O) groups is 2. The maximum Gasteiger partial charge on any atom is 0.249 e. The third-order valence-corrected chi connectivity index (χ3v) is 4.24. The molecule has 2 aliphatic rings. The summed E-state index contributed by atoms with van der Waals surface area (Å²) in [7, 11) is 0. The van der Waals surface area contributed by atoms with Crippen LogP contribution in [0.3, 0.4) is 0 Å². The van der Waals surface area contributed by atoms with Crippen molar-refractivity contribution in [3.63, 3.8) is 0 Å². The quantitative estimate of drug-likeness (QED) is 0.920. The van der Waals surface area contributed by atoms with Crippen LogP contribution in [0.15, 0.2) is 18.2 Å². The van der Waals surface area contributed by atoms with Gasteiger partial charge in [0, 0.05) is 18.2 Å². The SMILES string of the molecule is CC1(C2CC2)NC(=O)CN(Cc2ccc(F)cc2F)C1=O. The number of hydrogen-bond donors (Lipinski definition) is 1. The van der Waals surface area contributed by atoms with Crippen LogP contribution in [0.4, 0.5) is 8.78 Å². The Kier molecular flexibility index (Phi) is 3.19. The highest BCUT2D eigenvalue weighted by Crippen LogP contribution is 2.41. The lowest BCUT2D eigenvalue weighted by molar-refractivity contribution is -0.150. The number of hydrogen-bond acceptors (Lipinski definition) is 2. The highest BCUT2D eigenvalue weighted by Gasteiger charge is 2.52. The van der Waals surface area contributed by atoms with Gasteiger partial charge in [-0.1, -0.05) is 6.07 Å². The Morgan fingerprint density at radius 3 is 2.67 bits per heavy atom. The van der Waals surface area contributed by atoms with Crippen LogP contribution in [0.1, 0.15) is 25.3 Å². The second-order valence-electron chi connectivity index (χ2n) is 5.92. The molecule has 1 aromatic carbocycles. The standard InChI is InChI=1S/C15H16F2N2O2/c1-15(10-3-4-10)14(21)19(8-13(20)18-15)7-9-2-5-11(16)6-12(9)17/h2,5-6,10H,3-4,7-8H2,1H3,(H,18,20). The molecule has 21 heavy (non-hydrogen) atoms. The van der Waals surface area contributed by atoms with Gasteiger partial charge >= 0.3 is 0 Å². The lowest BCUT2D eigenvalue weighted by atomic mass is 9.91. The van der Waals surface area contributed by atoms with Gasteiger partial charge in [0.25, 0.3) is 0 Å². The van der Waals surface area contributed by atoms with Gasteiger partial charge in [-0.2, -0.15) is 0 Å². The number of benzene rings is 1. The summed E-state index contributed by atoms with van der Waals surface area (Å²) in [6.07, 6.45) is 1.81. The van der Waals surface area contributed by atoms with Crippen LogP contribution in [-0.4, -0.2) is 28.8 Å². The van der Waals surface area contributed by atoms with Crippen molar-refractivity contribution in [3.8, 4) is 0 Å². The first-order chi connectivity index (χ1) is 9.90. The van der Waals surface area contributed by atoms with Crippen LogP contribution in [0.25, 0.3) is 0 Å². The van der Waals surface area contributed by atoms with Gasteiger partial charge in [-0.05, 0) is 31.7 Å². The zero-order valence-electron chi connectivity index (χ0n) is 11.7. The van der Waals surface area contributed by atoms with Gasteiger partial charge in [-0.15, -0.1) is 0 Å². The Morgan fingerprint density at radius 1 is 1.33 bits per heavy atom. The zero-order chi connectivity index (χ0) is 15.2. The van der Waals surface area contributed by atoms with E-state index in [-0.39, 0.29) is 36.4 Å². The molecule has 1 heterocycles. The van der Waals surface area contributed by atoms with Crippen molar-refractivity contribution in [3.05, 3.63) is 35.4 Å². The summed E-state index contributed by atoms with van der Waals surface area (Å²) in [5, 5.41) is 2.76. The predicted molar refractivity (Wildman–Crippen MR) is 71.0 cm³/mol. The fourth-order valence-electron chi connectivity index (χ4n) is 2.88. The van der Waals surface area contributed by atoms with Gasteiger partial charge in [0.15, 0.2) is 0 Å². The summed E-state index contributed by atoms with van der Waals surface area (Å²) in [6.45, 7) is 1.59. The molecule has 3 rings (SSSR count). The number of rotatable bonds is 3. The number of piperazine rings is 1. The summed E-state index contributed by atoms with van der Waals surface area (Å²) in [4.78, 5) is 25.7. The van der Waals surface area contributed by atoms with Crippen molar-refractivity contribution in [2.75, 3.05) is 6.54 Å². The van der Waals surface area contributed by atoms with Crippen LogP contribution >= 0.6 is 0 Å². The van der Waals surface area contributed by atoms with E-state index in [1.165, 1.54) is 11.0 Å². The summed E-state index contributed by atoms with van der Waals surface area (Å²) in [6, 6.07) is 3.23. The van der Waals surface area contributed by atoms with Gasteiger partial charge in [-0.3, -0.25) is 9.59 Å². The first-order valence-corrected chi connectivity index (χ1v) is 6.94. The lowest BCUT2D eigenvalue weighted by Crippen LogP contribution is -2.66. The monoisotopic (exact) mass is 294 g/mol. The molecule has 1 aliphatic carbocycles. The minimum atomic E-state index is -0.897. The van der Waals surface area contributed by atoms with Gasteiger partial charge in [-0.25, -0.2) is 8.78 Å². The second-order valence-corrected chi connectivity index (χ2v) is 5.92. The van der Waals surface area contributed by atoms with E-state index in [1.807, 2.05) is 0 Å². The van der Waals surface area contributed by atoms with Crippen LogP contribution in [0, 0.1) is 17.6 Å². The number of carbonyl (C=O) groups excluding carboxylic acids is 2. The van der Waals surface area contributed by atoms with Crippen molar-refractivity contribution >= 4 is 11.8 Å². The second kappa shape index (κ2) is 4.79. The van der Waals surface area contributed by atoms with Crippen molar-refractivity contribution in [1.29, 1.82) is 0 Å². The topological polar surface area (TPSA) is 49.4 Å². The van der Waals surface area contributed by atoms with Gasteiger partial charge in [0.05, 0.1) is 6.54 Å². The number of nitrogens with one attached hydrogen (secondary N) is 1. The Hall–Kier alpha value is -1.98. The van der Waals surface area contributed by atoms with E-state index in [9.17, 15) is 18.4 Å². The van der Waals surface area contributed by atoms with E-state index >= 15 is 0 Å². The molecule has 6 heteroatoms. The number of halogens is 2. The first-order valence-electron chi connectivity index (χ1n) is 6.94. The fraction of sp³-hybridized carbons (Fsp3) is 0.467. The van der Waals surface area contributed by atoms with Crippen LogP contribution in [0.2, 0.25) is 0 Å². The van der Waals surface area contributed by atoms with E-state index in [1.54, 1.807) is 6.92 Å². The largest absolute Gasteiger partial charge is 0.340 e. The van der Waals surface area contributed by atoms with E-state index in [0.29, 0.717) is 0 Å². The molecule has 0 radical (unpaired) electrons. The highest BCUT2D eigenvalue weighted by molar-refractivity contribution is 5.98. The summed E-state index contributed by atoms with van der Waals surface area (Å²) in [5.74, 6) is -1.67. The maximum atomic E-state index is 13.7. The van der Waals surface area contributed by atoms with Gasteiger partial charge in [0.1, 0.15) is 17.2 Å². The van der Waals surface area contributed by atoms with Crippen molar-refractivity contribution in [2.24, 2.45) is 5.92 Å². The molecule has 112 valence electrons. The van der Waals surface area contributed by atoms with Crippen molar-refractivity contribution < 1.29 is 18.4 Å². The van der Waals surface area contributed by atoms with Crippen LogP contribution in [0.5, 0.6) is 0 Å². The molecule has 0 bridgehead atoms. The minimum Gasteiger partial charge on any atom is -0.340 e. The smallest absolute Gasteiger partial charge is 0.249 e. The highest BCUT2D eigenvalue weighted by atomic mass is 19.1. The van der Waals surface area contributed by atoms with E-state index in [2.05, 4.69) is 5.32 Å². The van der Waals surface area contributed by atoms with Crippen molar-refractivity contribution in [1.82, 2.24) is 10.2 Å². The molecule has 1 saturated carbocycles. The average molecular weight is 294 g/mol. The zero-order valence-corrected chi connectivity index (χ0v) is 11.7. The molecular weight excluding hydrogens is 278 g/mol. The van der Waals surface area contributed by atoms with Crippen LogP contribution < -0.4 is 5.32 Å². The predicted octanol–water partition coefficient (Wildman–Crippen LogP) is 1.59. The van der Waals surface area contributed by atoms with E-state index in [4.69, 9.17) is 0 Å². The van der Waals surface area contributed by atoms with E-state index in [0.717, 1.165) is 25.0 Å². The molecular formula is C15H16F2N2O2. The minimum absolute atomic E-state index is 0.0271. The van der Waals surface area contributed by atoms with E-state index < -0.39 is 17.2 Å². The fourth-order valence-corrected chi connectivity index (χ4v) is 2.88. The Morgan fingerprint density at radius 2 is 2.05 bits per heavy atom.